The number of aromatic nitrogens is 1. The van der Waals surface area contributed by atoms with Gasteiger partial charge in [-0.25, -0.2) is 13.4 Å². The molecule has 2 heterocycles. The van der Waals surface area contributed by atoms with Crippen molar-refractivity contribution in [2.75, 3.05) is 18.4 Å². The van der Waals surface area contributed by atoms with Gasteiger partial charge in [-0.15, -0.1) is 11.3 Å². The fourth-order valence-electron chi connectivity index (χ4n) is 3.55. The van der Waals surface area contributed by atoms with Crippen molar-refractivity contribution >= 4 is 32.4 Å². The summed E-state index contributed by atoms with van der Waals surface area (Å²) in [5.41, 5.74) is 2.59. The monoisotopic (exact) mass is 393 g/mol. The molecule has 0 aliphatic carbocycles. The summed E-state index contributed by atoms with van der Waals surface area (Å²) in [6.07, 6.45) is 2.67. The summed E-state index contributed by atoms with van der Waals surface area (Å²) in [5.74, 6) is -0.273. The molecule has 1 aromatic carbocycles. The first-order chi connectivity index (χ1) is 12.3. The van der Waals surface area contributed by atoms with Crippen molar-refractivity contribution in [1.29, 1.82) is 0 Å². The lowest BCUT2D eigenvalue weighted by Crippen LogP contribution is -2.41. The lowest BCUT2D eigenvalue weighted by atomic mass is 9.97. The Morgan fingerprint density at radius 2 is 1.81 bits per heavy atom. The van der Waals surface area contributed by atoms with Gasteiger partial charge in [0.2, 0.25) is 15.9 Å². The summed E-state index contributed by atoms with van der Waals surface area (Å²) in [5, 5.41) is 5.18. The van der Waals surface area contributed by atoms with Crippen LogP contribution in [0.25, 0.3) is 0 Å². The Kier molecular flexibility index (Phi) is 5.45. The van der Waals surface area contributed by atoms with Crippen molar-refractivity contribution in [3.05, 3.63) is 40.4 Å². The first kappa shape index (κ1) is 19.0. The molecule has 2 aromatic rings. The zero-order valence-corrected chi connectivity index (χ0v) is 16.8. The van der Waals surface area contributed by atoms with E-state index in [0.29, 0.717) is 36.0 Å². The van der Waals surface area contributed by atoms with Gasteiger partial charge in [0.25, 0.3) is 0 Å². The highest BCUT2D eigenvalue weighted by atomic mass is 32.2. The van der Waals surface area contributed by atoms with Gasteiger partial charge in [0.1, 0.15) is 0 Å². The minimum atomic E-state index is -3.55. The topological polar surface area (TPSA) is 79.4 Å². The molecule has 26 heavy (non-hydrogen) atoms. The lowest BCUT2D eigenvalue weighted by Gasteiger charge is -2.31. The third-order valence-electron chi connectivity index (χ3n) is 4.69. The number of nitrogens with zero attached hydrogens (tertiary/aromatic N) is 2. The standard InChI is InChI=1S/C18H23N3O3S2/c1-12-10-13(2)16(14(3)11-12)26(23,24)21-7-4-15(5-8-21)17(22)20-18-19-6-9-25-18/h6,9-11,15H,4-5,7-8H2,1-3H3,(H,19,20,22). The van der Waals surface area contributed by atoms with E-state index in [1.165, 1.54) is 15.6 Å². The average molecular weight is 394 g/mol. The summed E-state index contributed by atoms with van der Waals surface area (Å²) in [6, 6.07) is 3.79. The molecule has 1 amide bonds. The van der Waals surface area contributed by atoms with E-state index in [1.807, 2.05) is 32.9 Å². The summed E-state index contributed by atoms with van der Waals surface area (Å²) in [6.45, 7) is 6.33. The Hall–Kier alpha value is -1.77. The highest BCUT2D eigenvalue weighted by Crippen LogP contribution is 2.29. The number of sulfonamides is 1. The lowest BCUT2D eigenvalue weighted by molar-refractivity contribution is -0.120. The van der Waals surface area contributed by atoms with Crippen molar-refractivity contribution in [2.45, 2.75) is 38.5 Å². The molecule has 140 valence electrons. The van der Waals surface area contributed by atoms with Gasteiger partial charge in [0.15, 0.2) is 5.13 Å². The van der Waals surface area contributed by atoms with Gasteiger partial charge in [-0.05, 0) is 44.7 Å². The van der Waals surface area contributed by atoms with Crippen LogP contribution in [0.1, 0.15) is 29.5 Å². The van der Waals surface area contributed by atoms with Crippen LogP contribution in [0.5, 0.6) is 0 Å². The van der Waals surface area contributed by atoms with Crippen LogP contribution < -0.4 is 5.32 Å². The molecule has 0 spiro atoms. The van der Waals surface area contributed by atoms with Crippen molar-refractivity contribution in [3.63, 3.8) is 0 Å². The first-order valence-electron chi connectivity index (χ1n) is 8.57. The number of hydrogen-bond donors (Lipinski definition) is 1. The van der Waals surface area contributed by atoms with E-state index in [4.69, 9.17) is 0 Å². The van der Waals surface area contributed by atoms with E-state index < -0.39 is 10.0 Å². The number of benzene rings is 1. The molecule has 1 aliphatic rings. The average Bonchev–Trinajstić information content (AvgIpc) is 3.06. The molecule has 0 unspecified atom stereocenters. The van der Waals surface area contributed by atoms with Crippen molar-refractivity contribution in [1.82, 2.24) is 9.29 Å². The summed E-state index contributed by atoms with van der Waals surface area (Å²) < 4.78 is 27.7. The zero-order valence-electron chi connectivity index (χ0n) is 15.2. The molecule has 0 atom stereocenters. The maximum Gasteiger partial charge on any atom is 0.243 e. The van der Waals surface area contributed by atoms with Crippen LogP contribution in [0.15, 0.2) is 28.6 Å². The third-order valence-corrected chi connectivity index (χ3v) is 7.58. The van der Waals surface area contributed by atoms with Gasteiger partial charge in [-0.2, -0.15) is 4.31 Å². The van der Waals surface area contributed by atoms with Crippen LogP contribution in [0.2, 0.25) is 0 Å². The van der Waals surface area contributed by atoms with Crippen LogP contribution in [0.4, 0.5) is 5.13 Å². The number of thiazole rings is 1. The number of hydrogen-bond acceptors (Lipinski definition) is 5. The first-order valence-corrected chi connectivity index (χ1v) is 10.9. The zero-order chi connectivity index (χ0) is 18.9. The molecule has 1 fully saturated rings. The Bertz CT molecular complexity index is 877. The van der Waals surface area contributed by atoms with Gasteiger partial charge in [0.05, 0.1) is 4.90 Å². The van der Waals surface area contributed by atoms with E-state index in [2.05, 4.69) is 10.3 Å². The Morgan fingerprint density at radius 1 is 1.19 bits per heavy atom. The minimum absolute atomic E-state index is 0.0836. The van der Waals surface area contributed by atoms with Crippen molar-refractivity contribution < 1.29 is 13.2 Å². The quantitative estimate of drug-likeness (QED) is 0.866. The molecule has 0 saturated carbocycles. The fourth-order valence-corrected chi connectivity index (χ4v) is 5.97. The number of amides is 1. The maximum absolute atomic E-state index is 13.1. The summed E-state index contributed by atoms with van der Waals surface area (Å²) in [7, 11) is -3.55. The van der Waals surface area contributed by atoms with Crippen molar-refractivity contribution in [2.24, 2.45) is 5.92 Å². The second-order valence-corrected chi connectivity index (χ2v) is 9.50. The number of anilines is 1. The molecule has 0 radical (unpaired) electrons. The van der Waals surface area contributed by atoms with E-state index >= 15 is 0 Å². The van der Waals surface area contributed by atoms with Crippen LogP contribution in [-0.4, -0.2) is 36.7 Å². The number of piperidine rings is 1. The molecule has 1 aliphatic heterocycles. The molecule has 6 nitrogen and oxygen atoms in total. The van der Waals surface area contributed by atoms with Crippen LogP contribution in [-0.2, 0) is 14.8 Å². The van der Waals surface area contributed by atoms with E-state index in [0.717, 1.165) is 16.7 Å². The highest BCUT2D eigenvalue weighted by Gasteiger charge is 2.33. The molecular weight excluding hydrogens is 370 g/mol. The molecule has 1 N–H and O–H groups in total. The normalized spacial score (nSPS) is 16.6. The Balaban J connectivity index is 1.70. The van der Waals surface area contributed by atoms with Gasteiger partial charge in [-0.3, -0.25) is 4.79 Å². The Morgan fingerprint density at radius 3 is 2.35 bits per heavy atom. The number of carbonyl (C=O) groups is 1. The van der Waals surface area contributed by atoms with Crippen LogP contribution >= 0.6 is 11.3 Å². The van der Waals surface area contributed by atoms with Crippen molar-refractivity contribution in [3.8, 4) is 0 Å². The molecule has 0 bridgehead atoms. The fraction of sp³-hybridized carbons (Fsp3) is 0.444. The largest absolute Gasteiger partial charge is 0.302 e. The number of nitrogens with one attached hydrogen (secondary N) is 1. The second-order valence-electron chi connectivity index (χ2n) is 6.73. The smallest absolute Gasteiger partial charge is 0.243 e. The molecular formula is C18H23N3O3S2. The summed E-state index contributed by atoms with van der Waals surface area (Å²) in [4.78, 5) is 16.8. The SMILES string of the molecule is Cc1cc(C)c(S(=O)(=O)N2CCC(C(=O)Nc3nccs3)CC2)c(C)c1. The van der Waals surface area contributed by atoms with E-state index in [-0.39, 0.29) is 11.8 Å². The van der Waals surface area contributed by atoms with Gasteiger partial charge in [0, 0.05) is 30.6 Å². The predicted molar refractivity (Wildman–Crippen MR) is 103 cm³/mol. The molecule has 1 saturated heterocycles. The molecule has 1 aromatic heterocycles. The predicted octanol–water partition coefficient (Wildman–Crippen LogP) is 3.11. The van der Waals surface area contributed by atoms with E-state index in [1.54, 1.807) is 11.6 Å². The number of aryl methyl sites for hydroxylation is 3. The van der Waals surface area contributed by atoms with Gasteiger partial charge in [-0.1, -0.05) is 17.7 Å². The van der Waals surface area contributed by atoms with Crippen LogP contribution in [0, 0.1) is 26.7 Å². The molecule has 8 heteroatoms. The molecule has 3 rings (SSSR count). The number of carbonyl (C=O) groups excluding carboxylic acids is 1. The third kappa shape index (κ3) is 3.82. The maximum atomic E-state index is 13.1. The highest BCUT2D eigenvalue weighted by molar-refractivity contribution is 7.89. The summed E-state index contributed by atoms with van der Waals surface area (Å²) >= 11 is 1.37. The number of rotatable bonds is 4. The van der Waals surface area contributed by atoms with E-state index in [9.17, 15) is 13.2 Å². The van der Waals surface area contributed by atoms with Crippen LogP contribution in [0.3, 0.4) is 0 Å². The second kappa shape index (κ2) is 7.46. The minimum Gasteiger partial charge on any atom is -0.302 e. The Labute approximate surface area is 158 Å². The van der Waals surface area contributed by atoms with Gasteiger partial charge >= 0.3 is 0 Å². The van der Waals surface area contributed by atoms with Gasteiger partial charge < -0.3 is 5.32 Å².